The second-order valence-corrected chi connectivity index (χ2v) is 5.24. The van der Waals surface area contributed by atoms with Crippen molar-refractivity contribution >= 4 is 11.4 Å². The number of hydrogen-bond acceptors (Lipinski definition) is 5. The fourth-order valence-corrected chi connectivity index (χ4v) is 2.55. The Bertz CT molecular complexity index is 545. The number of nitriles is 1. The van der Waals surface area contributed by atoms with Gasteiger partial charge in [-0.25, -0.2) is 0 Å². The molecular formula is C14H17N3O3. The van der Waals surface area contributed by atoms with Gasteiger partial charge < -0.3 is 10.4 Å². The van der Waals surface area contributed by atoms with Gasteiger partial charge in [-0.15, -0.1) is 0 Å². The lowest BCUT2D eigenvalue weighted by Gasteiger charge is -2.32. The summed E-state index contributed by atoms with van der Waals surface area (Å²) >= 11 is 0. The van der Waals surface area contributed by atoms with E-state index in [0.717, 1.165) is 19.3 Å². The molecule has 1 fully saturated rings. The van der Waals surface area contributed by atoms with Gasteiger partial charge in [0.05, 0.1) is 22.2 Å². The summed E-state index contributed by atoms with van der Waals surface area (Å²) in [4.78, 5) is 10.5. The molecule has 1 saturated carbocycles. The third-order valence-electron chi connectivity index (χ3n) is 3.72. The molecule has 0 radical (unpaired) electrons. The van der Waals surface area contributed by atoms with Crippen molar-refractivity contribution in [2.45, 2.75) is 37.7 Å². The summed E-state index contributed by atoms with van der Waals surface area (Å²) in [5.41, 5.74) is -0.338. The average Bonchev–Trinajstić information content (AvgIpc) is 2.45. The van der Waals surface area contributed by atoms with Crippen molar-refractivity contribution in [2.75, 3.05) is 11.9 Å². The topological polar surface area (TPSA) is 99.2 Å². The Balaban J connectivity index is 2.13. The predicted octanol–water partition coefficient (Wildman–Crippen LogP) is 2.57. The molecule has 1 aromatic rings. The summed E-state index contributed by atoms with van der Waals surface area (Å²) in [6.45, 7) is 0.291. The molecule has 106 valence electrons. The first-order chi connectivity index (χ1) is 9.54. The highest BCUT2D eigenvalue weighted by Crippen LogP contribution is 2.30. The van der Waals surface area contributed by atoms with Crippen LogP contribution in [0.4, 0.5) is 11.4 Å². The number of nitro benzene ring substituents is 1. The van der Waals surface area contributed by atoms with E-state index in [1.54, 1.807) is 0 Å². The van der Waals surface area contributed by atoms with Gasteiger partial charge in [0.25, 0.3) is 5.69 Å². The molecule has 6 nitrogen and oxygen atoms in total. The predicted molar refractivity (Wildman–Crippen MR) is 74.3 cm³/mol. The lowest BCUT2D eigenvalue weighted by molar-refractivity contribution is -0.384. The Hall–Kier alpha value is -2.13. The molecule has 20 heavy (non-hydrogen) atoms. The molecular weight excluding hydrogens is 258 g/mol. The molecule has 0 unspecified atom stereocenters. The van der Waals surface area contributed by atoms with Crippen LogP contribution in [0.5, 0.6) is 0 Å². The molecule has 0 amide bonds. The zero-order chi connectivity index (χ0) is 14.6. The number of nitrogens with zero attached hydrogens (tertiary/aromatic N) is 2. The maximum Gasteiger partial charge on any atom is 0.293 e. The number of nitro groups is 1. The fraction of sp³-hybridized carbons (Fsp3) is 0.500. The van der Waals surface area contributed by atoms with Crippen molar-refractivity contribution in [2.24, 2.45) is 0 Å². The minimum absolute atomic E-state index is 0.136. The Morgan fingerprint density at radius 2 is 2.10 bits per heavy atom. The number of aliphatic hydroxyl groups is 1. The van der Waals surface area contributed by atoms with E-state index >= 15 is 0 Å². The van der Waals surface area contributed by atoms with Crippen LogP contribution in [-0.2, 0) is 0 Å². The third kappa shape index (κ3) is 3.25. The fourth-order valence-electron chi connectivity index (χ4n) is 2.55. The van der Waals surface area contributed by atoms with E-state index in [2.05, 4.69) is 5.32 Å². The third-order valence-corrected chi connectivity index (χ3v) is 3.72. The van der Waals surface area contributed by atoms with Crippen molar-refractivity contribution in [3.63, 3.8) is 0 Å². The van der Waals surface area contributed by atoms with Crippen LogP contribution in [0.15, 0.2) is 18.2 Å². The molecule has 1 aliphatic carbocycles. The van der Waals surface area contributed by atoms with Gasteiger partial charge in [0.1, 0.15) is 5.69 Å². The SMILES string of the molecule is N#Cc1ccc(NCC2(O)CCCCC2)c([N+](=O)[O-])c1. The molecule has 2 rings (SSSR count). The summed E-state index contributed by atoms with van der Waals surface area (Å²) in [7, 11) is 0. The first kappa shape index (κ1) is 14.3. The van der Waals surface area contributed by atoms with Crippen LogP contribution in [0, 0.1) is 21.4 Å². The van der Waals surface area contributed by atoms with Gasteiger partial charge in [-0.2, -0.15) is 5.26 Å². The maximum absolute atomic E-state index is 11.0. The zero-order valence-electron chi connectivity index (χ0n) is 11.1. The normalized spacial score (nSPS) is 17.2. The number of hydrogen-bond donors (Lipinski definition) is 2. The van der Waals surface area contributed by atoms with Gasteiger partial charge in [0.2, 0.25) is 0 Å². The molecule has 0 aliphatic heterocycles. The summed E-state index contributed by atoms with van der Waals surface area (Å²) in [6.07, 6.45) is 4.51. The zero-order valence-corrected chi connectivity index (χ0v) is 11.1. The molecule has 6 heteroatoms. The maximum atomic E-state index is 11.0. The van der Waals surface area contributed by atoms with Crippen LogP contribution in [0.25, 0.3) is 0 Å². The van der Waals surface area contributed by atoms with Crippen molar-refractivity contribution < 1.29 is 10.0 Å². The number of anilines is 1. The Labute approximate surface area is 117 Å². The van der Waals surface area contributed by atoms with Crippen LogP contribution in [0.2, 0.25) is 0 Å². The van der Waals surface area contributed by atoms with E-state index in [-0.39, 0.29) is 11.3 Å². The minimum atomic E-state index is -0.792. The number of nitrogens with one attached hydrogen (secondary N) is 1. The van der Waals surface area contributed by atoms with E-state index in [9.17, 15) is 15.2 Å². The van der Waals surface area contributed by atoms with E-state index in [1.165, 1.54) is 18.2 Å². The second-order valence-electron chi connectivity index (χ2n) is 5.24. The standard InChI is InChI=1S/C14H17N3O3/c15-9-11-4-5-12(13(8-11)17(19)20)16-10-14(18)6-2-1-3-7-14/h4-5,8,16,18H,1-3,6-7,10H2. The molecule has 0 heterocycles. The monoisotopic (exact) mass is 275 g/mol. The van der Waals surface area contributed by atoms with Crippen LogP contribution >= 0.6 is 0 Å². The van der Waals surface area contributed by atoms with Crippen LogP contribution in [0.1, 0.15) is 37.7 Å². The van der Waals surface area contributed by atoms with E-state index < -0.39 is 10.5 Å². The van der Waals surface area contributed by atoms with Crippen molar-refractivity contribution in [1.29, 1.82) is 5.26 Å². The Morgan fingerprint density at radius 3 is 2.70 bits per heavy atom. The van der Waals surface area contributed by atoms with Gasteiger partial charge in [-0.05, 0) is 25.0 Å². The largest absolute Gasteiger partial charge is 0.388 e. The molecule has 2 N–H and O–H groups in total. The van der Waals surface area contributed by atoms with Gasteiger partial charge >= 0.3 is 0 Å². The lowest BCUT2D eigenvalue weighted by Crippen LogP contribution is -2.38. The molecule has 1 aliphatic rings. The number of benzene rings is 1. The van der Waals surface area contributed by atoms with Crippen LogP contribution in [-0.4, -0.2) is 22.2 Å². The Morgan fingerprint density at radius 1 is 1.40 bits per heavy atom. The van der Waals surface area contributed by atoms with Crippen molar-refractivity contribution in [1.82, 2.24) is 0 Å². The summed E-state index contributed by atoms with van der Waals surface area (Å²) in [5.74, 6) is 0. The molecule has 0 bridgehead atoms. The average molecular weight is 275 g/mol. The van der Waals surface area contributed by atoms with E-state index in [0.29, 0.717) is 25.1 Å². The summed E-state index contributed by atoms with van der Waals surface area (Å²) in [5, 5.41) is 33.1. The summed E-state index contributed by atoms with van der Waals surface area (Å²) in [6, 6.07) is 6.17. The van der Waals surface area contributed by atoms with Gasteiger partial charge in [0, 0.05) is 12.6 Å². The molecule has 0 aromatic heterocycles. The van der Waals surface area contributed by atoms with E-state index in [1.807, 2.05) is 6.07 Å². The quantitative estimate of drug-likeness (QED) is 0.650. The van der Waals surface area contributed by atoms with Crippen molar-refractivity contribution in [3.05, 3.63) is 33.9 Å². The van der Waals surface area contributed by atoms with Crippen molar-refractivity contribution in [3.8, 4) is 6.07 Å². The molecule has 0 saturated heterocycles. The first-order valence-electron chi connectivity index (χ1n) is 6.69. The first-order valence-corrected chi connectivity index (χ1v) is 6.69. The van der Waals surface area contributed by atoms with E-state index in [4.69, 9.17) is 5.26 Å². The highest BCUT2D eigenvalue weighted by molar-refractivity contribution is 5.64. The smallest absolute Gasteiger partial charge is 0.293 e. The number of rotatable bonds is 4. The second kappa shape index (κ2) is 5.88. The minimum Gasteiger partial charge on any atom is -0.388 e. The lowest BCUT2D eigenvalue weighted by atomic mass is 9.85. The molecule has 0 atom stereocenters. The van der Waals surface area contributed by atoms with Gasteiger partial charge in [0.15, 0.2) is 0 Å². The highest BCUT2D eigenvalue weighted by atomic mass is 16.6. The molecule has 1 aromatic carbocycles. The Kier molecular flexibility index (Phi) is 4.20. The summed E-state index contributed by atoms with van der Waals surface area (Å²) < 4.78 is 0. The van der Waals surface area contributed by atoms with Gasteiger partial charge in [-0.1, -0.05) is 19.3 Å². The van der Waals surface area contributed by atoms with Gasteiger partial charge in [-0.3, -0.25) is 10.1 Å². The van der Waals surface area contributed by atoms with Crippen LogP contribution in [0.3, 0.4) is 0 Å². The van der Waals surface area contributed by atoms with Crippen LogP contribution < -0.4 is 5.32 Å². The molecule has 0 spiro atoms. The highest BCUT2D eigenvalue weighted by Gasteiger charge is 2.29.